The van der Waals surface area contributed by atoms with Crippen molar-refractivity contribution < 1.29 is 39.0 Å². The van der Waals surface area contributed by atoms with Gasteiger partial charge in [-0.1, -0.05) is 0 Å². The number of ketones is 1. The Hall–Kier alpha value is 1.23. The molecule has 0 heterocycles. The maximum Gasteiger partial charge on any atom is 2.00 e. The molecule has 0 aliphatic heterocycles. The maximum atomic E-state index is 10.9. The van der Waals surface area contributed by atoms with E-state index < -0.39 is 38.5 Å². The van der Waals surface area contributed by atoms with Gasteiger partial charge in [0.25, 0.3) is 0 Å². The number of phosphoric ester groups is 1. The molecule has 0 saturated carbocycles. The molecule has 0 aliphatic rings. The fourth-order valence-electron chi connectivity index (χ4n) is 0.682. The van der Waals surface area contributed by atoms with E-state index in [0.29, 0.717) is 0 Å². The fourth-order valence-corrected chi connectivity index (χ4v) is 0.968. The van der Waals surface area contributed by atoms with E-state index >= 15 is 0 Å². The van der Waals surface area contributed by atoms with E-state index in [9.17, 15) is 19.1 Å². The zero-order valence-electron chi connectivity index (χ0n) is 8.48. The van der Waals surface area contributed by atoms with Crippen molar-refractivity contribution >= 4 is 62.5 Å². The number of phosphoric acid groups is 1. The van der Waals surface area contributed by atoms with Crippen molar-refractivity contribution in [3.8, 4) is 0 Å². The summed E-state index contributed by atoms with van der Waals surface area (Å²) in [5.74, 6) is -1.21. The van der Waals surface area contributed by atoms with Crippen LogP contribution in [0.5, 0.6) is 0 Å². The molecule has 0 aromatic carbocycles. The standard InChI is InChI=1S/C6H13O8P.Ba/c1-3(7)5(9)6(10)4(8)2-14-15(11,12)13;/h3,5-7,9-10H,2H2,1H3,(H2,11,12,13);/q;+2/p-2/t3-,5+,6-;/m0./s1. The van der Waals surface area contributed by atoms with Crippen LogP contribution in [0.3, 0.4) is 0 Å². The predicted octanol–water partition coefficient (Wildman–Crippen LogP) is -3.88. The number of aliphatic hydroxyl groups is 3. The zero-order chi connectivity index (χ0) is 12.2. The zero-order valence-corrected chi connectivity index (χ0v) is 13.8. The molecule has 8 nitrogen and oxygen atoms in total. The van der Waals surface area contributed by atoms with Crippen molar-refractivity contribution in [2.45, 2.75) is 25.2 Å². The van der Waals surface area contributed by atoms with Gasteiger partial charge in [0.05, 0.1) is 13.9 Å². The number of carbonyl (C=O) groups is 1. The minimum absolute atomic E-state index is 0. The Morgan fingerprint density at radius 3 is 2.12 bits per heavy atom. The molecule has 0 aromatic rings. The smallest absolute Gasteiger partial charge is 0.790 e. The molecule has 0 aromatic heterocycles. The largest absolute Gasteiger partial charge is 2.00 e. The molecule has 0 saturated heterocycles. The van der Waals surface area contributed by atoms with Crippen molar-refractivity contribution in [2.24, 2.45) is 0 Å². The van der Waals surface area contributed by atoms with Crippen molar-refractivity contribution in [1.29, 1.82) is 0 Å². The number of hydrogen-bond donors (Lipinski definition) is 3. The molecule has 90 valence electrons. The van der Waals surface area contributed by atoms with Crippen molar-refractivity contribution in [2.75, 3.05) is 6.61 Å². The second kappa shape index (κ2) is 8.35. The summed E-state index contributed by atoms with van der Waals surface area (Å²) < 4.78 is 13.6. The number of aliphatic hydroxyl groups excluding tert-OH is 3. The van der Waals surface area contributed by atoms with Gasteiger partial charge in [-0.2, -0.15) is 0 Å². The third kappa shape index (κ3) is 8.34. The number of Topliss-reactive ketones (excluding diaryl/α,β-unsaturated/α-hetero) is 1. The Morgan fingerprint density at radius 1 is 1.38 bits per heavy atom. The molecular weight excluding hydrogens is 368 g/mol. The van der Waals surface area contributed by atoms with Crippen molar-refractivity contribution in [3.05, 3.63) is 0 Å². The van der Waals surface area contributed by atoms with E-state index in [-0.39, 0.29) is 48.9 Å². The van der Waals surface area contributed by atoms with E-state index in [1.165, 1.54) is 0 Å². The van der Waals surface area contributed by atoms with Gasteiger partial charge < -0.3 is 34.2 Å². The average Bonchev–Trinajstić information content (AvgIpc) is 2.10. The summed E-state index contributed by atoms with van der Waals surface area (Å²) >= 11 is 0. The van der Waals surface area contributed by atoms with Gasteiger partial charge in [0.15, 0.2) is 5.78 Å². The summed E-state index contributed by atoms with van der Waals surface area (Å²) in [5.41, 5.74) is 0. The summed E-state index contributed by atoms with van der Waals surface area (Å²) in [6.07, 6.45) is -5.15. The SMILES string of the molecule is C[C@H](O)[C@@H](O)[C@@H](O)C(=O)COP(=O)([O-])[O-].[Ba+2]. The Morgan fingerprint density at radius 2 is 1.81 bits per heavy atom. The molecule has 0 fully saturated rings. The Labute approximate surface area is 132 Å². The molecule has 0 rings (SSSR count). The normalized spacial score (nSPS) is 17.1. The topological polar surface area (TPSA) is 150 Å². The molecule has 0 aliphatic carbocycles. The van der Waals surface area contributed by atoms with Crippen LogP contribution in [0.25, 0.3) is 0 Å². The van der Waals surface area contributed by atoms with Crippen LogP contribution >= 0.6 is 7.82 Å². The van der Waals surface area contributed by atoms with E-state index in [2.05, 4.69) is 4.52 Å². The van der Waals surface area contributed by atoms with Gasteiger partial charge in [0, 0.05) is 0 Å². The van der Waals surface area contributed by atoms with Crippen molar-refractivity contribution in [1.82, 2.24) is 0 Å². The summed E-state index contributed by atoms with van der Waals surface area (Å²) in [5, 5.41) is 26.8. The monoisotopic (exact) mass is 380 g/mol. The third-order valence-electron chi connectivity index (χ3n) is 1.51. The van der Waals surface area contributed by atoms with E-state index in [1.807, 2.05) is 0 Å². The Kier molecular flexibility index (Phi) is 10.2. The molecule has 10 heteroatoms. The number of hydrogen-bond acceptors (Lipinski definition) is 8. The average molecular weight is 379 g/mol. The quantitative estimate of drug-likeness (QED) is 0.313. The first-order valence-corrected chi connectivity index (χ1v) is 5.34. The molecule has 16 heavy (non-hydrogen) atoms. The number of carbonyl (C=O) groups excluding carboxylic acids is 1. The Balaban J connectivity index is 0. The van der Waals surface area contributed by atoms with Gasteiger partial charge >= 0.3 is 48.9 Å². The molecule has 3 N–H and O–H groups in total. The summed E-state index contributed by atoms with van der Waals surface area (Å²) in [6, 6.07) is 0. The second-order valence-corrected chi connectivity index (χ2v) is 4.02. The molecule has 3 atom stereocenters. The van der Waals surface area contributed by atoms with E-state index in [0.717, 1.165) is 6.92 Å². The minimum Gasteiger partial charge on any atom is -0.790 e. The molecule has 0 bridgehead atoms. The first kappa shape index (κ1) is 19.6. The summed E-state index contributed by atoms with van der Waals surface area (Å²) in [7, 11) is -5.29. The molecule has 0 spiro atoms. The van der Waals surface area contributed by atoms with Crippen LogP contribution in [0.1, 0.15) is 6.92 Å². The van der Waals surface area contributed by atoms with Crippen LogP contribution in [0.15, 0.2) is 0 Å². The van der Waals surface area contributed by atoms with Crippen LogP contribution in [0.4, 0.5) is 0 Å². The summed E-state index contributed by atoms with van der Waals surface area (Å²) in [6.45, 7) is -0.0522. The third-order valence-corrected chi connectivity index (χ3v) is 1.96. The first-order chi connectivity index (χ1) is 6.65. The molecule has 0 unspecified atom stereocenters. The van der Waals surface area contributed by atoms with Crippen LogP contribution in [-0.2, 0) is 13.9 Å². The van der Waals surface area contributed by atoms with E-state index in [1.54, 1.807) is 0 Å². The van der Waals surface area contributed by atoms with Gasteiger partial charge in [-0.25, -0.2) is 0 Å². The first-order valence-electron chi connectivity index (χ1n) is 3.88. The van der Waals surface area contributed by atoms with Gasteiger partial charge in [0.2, 0.25) is 0 Å². The van der Waals surface area contributed by atoms with Crippen LogP contribution in [0, 0.1) is 0 Å². The van der Waals surface area contributed by atoms with Crippen molar-refractivity contribution in [3.63, 3.8) is 0 Å². The van der Waals surface area contributed by atoms with Gasteiger partial charge in [-0.05, 0) is 6.92 Å². The molecule has 0 amide bonds. The maximum absolute atomic E-state index is 10.9. The van der Waals surface area contributed by atoms with Crippen LogP contribution in [0.2, 0.25) is 0 Å². The van der Waals surface area contributed by atoms with E-state index in [4.69, 9.17) is 15.3 Å². The second-order valence-electron chi connectivity index (χ2n) is 2.86. The number of rotatable bonds is 6. The predicted molar refractivity (Wildman–Crippen MR) is 48.0 cm³/mol. The van der Waals surface area contributed by atoms with Gasteiger partial charge in [-0.3, -0.25) is 4.79 Å². The Bertz CT molecular complexity index is 263. The minimum atomic E-state index is -5.29. The fraction of sp³-hybridized carbons (Fsp3) is 0.833. The van der Waals surface area contributed by atoms with Crippen LogP contribution in [-0.4, -0.2) is 94.9 Å². The van der Waals surface area contributed by atoms with Gasteiger partial charge in [-0.15, -0.1) is 0 Å². The summed E-state index contributed by atoms with van der Waals surface area (Å²) in [4.78, 5) is 30.8. The van der Waals surface area contributed by atoms with Crippen LogP contribution < -0.4 is 9.79 Å². The molecular formula is C6H11BaO8P. The van der Waals surface area contributed by atoms with Gasteiger partial charge in [0.1, 0.15) is 18.8 Å². The molecule has 0 radical (unpaired) electrons.